The van der Waals surface area contributed by atoms with Crippen molar-refractivity contribution in [1.29, 1.82) is 0 Å². The SMILES string of the molecule is C=CC(=O)OCCCCCCOc1ccc(C(=O)Oc2ccc(/C=C/C(=O)OCC(O)c3ccccc3)cc2)cc1. The maximum atomic E-state index is 12.5. The molecule has 0 aliphatic rings. The van der Waals surface area contributed by atoms with E-state index in [0.29, 0.717) is 41.4 Å². The number of carbonyl (C=O) groups is 3. The van der Waals surface area contributed by atoms with E-state index in [2.05, 4.69) is 6.58 Å². The number of hydrogen-bond donors (Lipinski definition) is 1. The van der Waals surface area contributed by atoms with Crippen molar-refractivity contribution < 1.29 is 38.4 Å². The summed E-state index contributed by atoms with van der Waals surface area (Å²) in [6.45, 7) is 4.15. The summed E-state index contributed by atoms with van der Waals surface area (Å²) in [7, 11) is 0. The molecule has 8 nitrogen and oxygen atoms in total. The van der Waals surface area contributed by atoms with E-state index < -0.39 is 24.0 Å². The third-order valence-corrected chi connectivity index (χ3v) is 5.88. The molecule has 1 atom stereocenters. The number of hydrogen-bond acceptors (Lipinski definition) is 8. The normalized spacial score (nSPS) is 11.4. The lowest BCUT2D eigenvalue weighted by atomic mass is 10.1. The number of benzene rings is 3. The van der Waals surface area contributed by atoms with Crippen molar-refractivity contribution in [2.75, 3.05) is 19.8 Å². The Balaban J connectivity index is 1.35. The summed E-state index contributed by atoms with van der Waals surface area (Å²) in [5, 5.41) is 10.1. The Morgan fingerprint density at radius 1 is 0.756 bits per heavy atom. The Morgan fingerprint density at radius 2 is 1.41 bits per heavy atom. The van der Waals surface area contributed by atoms with Crippen molar-refractivity contribution >= 4 is 24.0 Å². The second-order valence-electron chi connectivity index (χ2n) is 9.01. The van der Waals surface area contributed by atoms with E-state index in [4.69, 9.17) is 18.9 Å². The predicted octanol–water partition coefficient (Wildman–Crippen LogP) is 5.86. The molecule has 3 rings (SSSR count). The first-order valence-corrected chi connectivity index (χ1v) is 13.4. The molecule has 0 fully saturated rings. The zero-order valence-electron chi connectivity index (χ0n) is 22.8. The van der Waals surface area contributed by atoms with Crippen molar-refractivity contribution in [3.05, 3.63) is 114 Å². The lowest BCUT2D eigenvalue weighted by molar-refractivity contribution is -0.140. The van der Waals surface area contributed by atoms with Crippen LogP contribution in [-0.2, 0) is 19.1 Å². The van der Waals surface area contributed by atoms with Gasteiger partial charge >= 0.3 is 17.9 Å². The number of aliphatic hydroxyl groups excluding tert-OH is 1. The molecule has 8 heteroatoms. The highest BCUT2D eigenvalue weighted by Crippen LogP contribution is 2.18. The first-order valence-electron chi connectivity index (χ1n) is 13.4. The maximum absolute atomic E-state index is 12.5. The van der Waals surface area contributed by atoms with E-state index in [0.717, 1.165) is 31.8 Å². The largest absolute Gasteiger partial charge is 0.494 e. The van der Waals surface area contributed by atoms with Crippen LogP contribution in [0.3, 0.4) is 0 Å². The minimum absolute atomic E-state index is 0.146. The van der Waals surface area contributed by atoms with Gasteiger partial charge in [-0.3, -0.25) is 0 Å². The van der Waals surface area contributed by atoms with Crippen LogP contribution in [0.2, 0.25) is 0 Å². The van der Waals surface area contributed by atoms with Crippen LogP contribution in [0.15, 0.2) is 97.6 Å². The van der Waals surface area contributed by atoms with E-state index in [1.54, 1.807) is 78.9 Å². The Bertz CT molecular complexity index is 1280. The molecule has 0 aliphatic carbocycles. The van der Waals surface area contributed by atoms with Crippen LogP contribution in [0.4, 0.5) is 0 Å². The summed E-state index contributed by atoms with van der Waals surface area (Å²) in [5.74, 6) is -0.462. The molecule has 3 aromatic carbocycles. The average Bonchev–Trinajstić information content (AvgIpc) is 3.01. The van der Waals surface area contributed by atoms with Gasteiger partial charge in [0.15, 0.2) is 0 Å². The molecule has 41 heavy (non-hydrogen) atoms. The van der Waals surface area contributed by atoms with Crippen molar-refractivity contribution in [1.82, 2.24) is 0 Å². The van der Waals surface area contributed by atoms with Crippen molar-refractivity contribution in [2.24, 2.45) is 0 Å². The number of unbranched alkanes of at least 4 members (excludes halogenated alkanes) is 3. The van der Waals surface area contributed by atoms with Crippen molar-refractivity contribution in [3.8, 4) is 11.5 Å². The van der Waals surface area contributed by atoms with Gasteiger partial charge in [0.05, 0.1) is 18.8 Å². The highest BCUT2D eigenvalue weighted by Gasteiger charge is 2.10. The number of ether oxygens (including phenoxy) is 4. The van der Waals surface area contributed by atoms with Gasteiger partial charge in [0, 0.05) is 12.2 Å². The Kier molecular flexibility index (Phi) is 12.9. The second kappa shape index (κ2) is 17.1. The smallest absolute Gasteiger partial charge is 0.343 e. The summed E-state index contributed by atoms with van der Waals surface area (Å²) in [4.78, 5) is 35.5. The van der Waals surface area contributed by atoms with Crippen LogP contribution >= 0.6 is 0 Å². The van der Waals surface area contributed by atoms with Gasteiger partial charge < -0.3 is 24.1 Å². The van der Waals surface area contributed by atoms with Gasteiger partial charge in [0.2, 0.25) is 0 Å². The predicted molar refractivity (Wildman–Crippen MR) is 154 cm³/mol. The van der Waals surface area contributed by atoms with Crippen LogP contribution in [-0.4, -0.2) is 42.8 Å². The average molecular weight is 559 g/mol. The number of rotatable bonds is 16. The molecule has 214 valence electrons. The van der Waals surface area contributed by atoms with E-state index in [1.807, 2.05) is 6.07 Å². The van der Waals surface area contributed by atoms with E-state index in [9.17, 15) is 19.5 Å². The topological polar surface area (TPSA) is 108 Å². The number of carbonyl (C=O) groups excluding carboxylic acids is 3. The Morgan fingerprint density at radius 3 is 2.10 bits per heavy atom. The molecule has 0 saturated carbocycles. The van der Waals surface area contributed by atoms with Crippen molar-refractivity contribution in [2.45, 2.75) is 31.8 Å². The molecular formula is C33H34O8. The third-order valence-electron chi connectivity index (χ3n) is 5.88. The van der Waals surface area contributed by atoms with Gasteiger partial charge in [-0.15, -0.1) is 0 Å². The van der Waals surface area contributed by atoms with Crippen LogP contribution in [0.25, 0.3) is 6.08 Å². The van der Waals surface area contributed by atoms with Gasteiger partial charge in [0.1, 0.15) is 24.2 Å². The van der Waals surface area contributed by atoms with Gasteiger partial charge in [-0.2, -0.15) is 0 Å². The van der Waals surface area contributed by atoms with E-state index in [-0.39, 0.29) is 6.61 Å². The molecule has 0 heterocycles. The first kappa shape index (κ1) is 30.8. The second-order valence-corrected chi connectivity index (χ2v) is 9.01. The fourth-order valence-corrected chi connectivity index (χ4v) is 3.62. The van der Waals surface area contributed by atoms with Crippen molar-refractivity contribution in [3.63, 3.8) is 0 Å². The molecule has 0 spiro atoms. The summed E-state index contributed by atoms with van der Waals surface area (Å²) in [6, 6.07) is 22.3. The molecule has 0 bridgehead atoms. The summed E-state index contributed by atoms with van der Waals surface area (Å²) >= 11 is 0. The molecule has 1 N–H and O–H groups in total. The highest BCUT2D eigenvalue weighted by molar-refractivity contribution is 5.91. The maximum Gasteiger partial charge on any atom is 0.343 e. The summed E-state index contributed by atoms with van der Waals surface area (Å²) in [5.41, 5.74) is 1.77. The van der Waals surface area contributed by atoms with Gasteiger partial charge in [0.25, 0.3) is 0 Å². The number of esters is 3. The Labute approximate surface area is 239 Å². The molecule has 0 radical (unpaired) electrons. The Hall–Kier alpha value is -4.69. The standard InChI is InChI=1S/C33H34O8/c1-2-31(35)39-23-9-4-3-8-22-38-28-19-15-27(16-20-28)33(37)41-29-17-12-25(13-18-29)14-21-32(36)40-24-30(34)26-10-6-5-7-11-26/h2,5-7,10-21,30,34H,1,3-4,8-9,22-24H2/b21-14+. The van der Waals surface area contributed by atoms with Crippen LogP contribution in [0, 0.1) is 0 Å². The minimum Gasteiger partial charge on any atom is -0.494 e. The molecule has 1 unspecified atom stereocenters. The molecule has 0 saturated heterocycles. The third kappa shape index (κ3) is 11.5. The number of aliphatic hydroxyl groups is 1. The molecule has 3 aromatic rings. The zero-order valence-corrected chi connectivity index (χ0v) is 22.8. The van der Waals surface area contributed by atoms with E-state index in [1.165, 1.54) is 6.08 Å². The van der Waals surface area contributed by atoms with Crippen LogP contribution in [0.1, 0.15) is 53.3 Å². The van der Waals surface area contributed by atoms with Crippen LogP contribution in [0.5, 0.6) is 11.5 Å². The summed E-state index contributed by atoms with van der Waals surface area (Å²) in [6.07, 6.45) is 6.65. The lowest BCUT2D eigenvalue weighted by Crippen LogP contribution is -2.10. The fraction of sp³-hybridized carbons (Fsp3) is 0.242. The van der Waals surface area contributed by atoms with Crippen LogP contribution < -0.4 is 9.47 Å². The lowest BCUT2D eigenvalue weighted by Gasteiger charge is -2.10. The molecule has 0 aromatic heterocycles. The van der Waals surface area contributed by atoms with Gasteiger partial charge in [-0.1, -0.05) is 49.0 Å². The molecule has 0 amide bonds. The highest BCUT2D eigenvalue weighted by atomic mass is 16.5. The fourth-order valence-electron chi connectivity index (χ4n) is 3.62. The molecular weight excluding hydrogens is 524 g/mol. The van der Waals surface area contributed by atoms with Gasteiger partial charge in [-0.05, 0) is 79.3 Å². The first-order chi connectivity index (χ1) is 19.9. The molecule has 0 aliphatic heterocycles. The minimum atomic E-state index is -0.893. The summed E-state index contributed by atoms with van der Waals surface area (Å²) < 4.78 is 21.2. The quantitative estimate of drug-likeness (QED) is 0.101. The van der Waals surface area contributed by atoms with Gasteiger partial charge in [-0.25, -0.2) is 14.4 Å². The monoisotopic (exact) mass is 558 g/mol. The van der Waals surface area contributed by atoms with E-state index >= 15 is 0 Å². The zero-order chi connectivity index (χ0) is 29.3.